The fourth-order valence-electron chi connectivity index (χ4n) is 4.02. The monoisotopic (exact) mass is 444 g/mol. The van der Waals surface area contributed by atoms with Crippen LogP contribution in [0.5, 0.6) is 11.5 Å². The van der Waals surface area contributed by atoms with E-state index in [4.69, 9.17) is 9.47 Å². The molecular weight excluding hydrogens is 420 g/mol. The summed E-state index contributed by atoms with van der Waals surface area (Å²) < 4.78 is 10.6. The number of carbonyl (C=O) groups excluding carboxylic acids is 2. The number of hydrogen-bond acceptors (Lipinski definition) is 6. The van der Waals surface area contributed by atoms with Crippen molar-refractivity contribution in [3.8, 4) is 11.5 Å². The van der Waals surface area contributed by atoms with Gasteiger partial charge in [-0.15, -0.1) is 0 Å². The second-order valence-electron chi connectivity index (χ2n) is 7.78. The minimum atomic E-state index is -0.889. The lowest BCUT2D eigenvalue weighted by atomic mass is 9.97. The smallest absolute Gasteiger partial charge is 0.300 e. The van der Waals surface area contributed by atoms with E-state index in [0.717, 1.165) is 11.1 Å². The number of nitrogens with zero attached hydrogens (tertiary/aromatic N) is 2. The van der Waals surface area contributed by atoms with Gasteiger partial charge in [0.1, 0.15) is 11.8 Å². The van der Waals surface area contributed by atoms with Crippen molar-refractivity contribution < 1.29 is 24.2 Å². The highest BCUT2D eigenvalue weighted by molar-refractivity contribution is 6.51. The average molecular weight is 444 g/mol. The number of benzene rings is 2. The average Bonchev–Trinajstić information content (AvgIpc) is 3.10. The van der Waals surface area contributed by atoms with Gasteiger partial charge >= 0.3 is 0 Å². The molecule has 1 aliphatic heterocycles. The Bertz CT molecular complexity index is 1270. The number of methoxy groups -OCH3 is 2. The molecule has 3 aromatic rings. The molecule has 1 amide bonds. The Morgan fingerprint density at radius 2 is 1.73 bits per heavy atom. The molecule has 1 fully saturated rings. The first kappa shape index (κ1) is 22.1. The van der Waals surface area contributed by atoms with Gasteiger partial charge in [-0.1, -0.05) is 18.2 Å². The van der Waals surface area contributed by atoms with Crippen LogP contribution in [0.3, 0.4) is 0 Å². The molecule has 2 heterocycles. The molecule has 0 aliphatic carbocycles. The van der Waals surface area contributed by atoms with Gasteiger partial charge in [-0.3, -0.25) is 19.5 Å². The highest BCUT2D eigenvalue weighted by Gasteiger charge is 2.48. The van der Waals surface area contributed by atoms with Crippen LogP contribution >= 0.6 is 0 Å². The Hall–Kier alpha value is -4.13. The highest BCUT2D eigenvalue weighted by atomic mass is 16.5. The standard InChI is InChI=1S/C26H24N2O5/c1-15-8-9-16(2)19(13-15)28-23(18-7-5-6-12-27-18)22(25(30)26(28)31)24(29)17-10-11-20(32-3)21(14-17)33-4/h5-14,23,29H,1-4H3/b24-22-. The molecule has 168 valence electrons. The van der Waals surface area contributed by atoms with Crippen LogP contribution in [0.2, 0.25) is 0 Å². The lowest BCUT2D eigenvalue weighted by molar-refractivity contribution is -0.132. The largest absolute Gasteiger partial charge is 0.507 e. The van der Waals surface area contributed by atoms with Gasteiger partial charge in [0.15, 0.2) is 11.5 Å². The third kappa shape index (κ3) is 3.82. The molecule has 0 saturated carbocycles. The van der Waals surface area contributed by atoms with Gasteiger partial charge in [0, 0.05) is 17.4 Å². The number of aliphatic hydroxyl groups excluding tert-OH is 1. The number of hydrogen-bond donors (Lipinski definition) is 1. The van der Waals surface area contributed by atoms with Gasteiger partial charge < -0.3 is 14.6 Å². The third-order valence-electron chi connectivity index (χ3n) is 5.69. The second-order valence-corrected chi connectivity index (χ2v) is 7.78. The first-order chi connectivity index (χ1) is 15.9. The molecule has 0 radical (unpaired) electrons. The number of aromatic nitrogens is 1. The quantitative estimate of drug-likeness (QED) is 0.358. The van der Waals surface area contributed by atoms with Crippen LogP contribution in [-0.2, 0) is 9.59 Å². The lowest BCUT2D eigenvalue weighted by Gasteiger charge is -2.26. The first-order valence-corrected chi connectivity index (χ1v) is 10.4. The molecule has 1 saturated heterocycles. The van der Waals surface area contributed by atoms with Crippen molar-refractivity contribution in [1.29, 1.82) is 0 Å². The fraction of sp³-hybridized carbons (Fsp3) is 0.192. The number of amides is 1. The molecule has 2 aromatic carbocycles. The molecule has 0 bridgehead atoms. The highest BCUT2D eigenvalue weighted by Crippen LogP contribution is 2.43. The molecule has 1 atom stereocenters. The van der Waals surface area contributed by atoms with Gasteiger partial charge in [0.05, 0.1) is 25.5 Å². The maximum Gasteiger partial charge on any atom is 0.300 e. The van der Waals surface area contributed by atoms with Crippen LogP contribution in [0.25, 0.3) is 5.76 Å². The number of rotatable bonds is 5. The normalized spacial score (nSPS) is 17.3. The summed E-state index contributed by atoms with van der Waals surface area (Å²) >= 11 is 0. The van der Waals surface area contributed by atoms with Gasteiger partial charge in [-0.2, -0.15) is 0 Å². The summed E-state index contributed by atoms with van der Waals surface area (Å²) in [5.41, 5.74) is 3.13. The number of anilines is 1. The van der Waals surface area contributed by atoms with E-state index in [1.807, 2.05) is 32.0 Å². The maximum absolute atomic E-state index is 13.3. The van der Waals surface area contributed by atoms with E-state index in [9.17, 15) is 14.7 Å². The zero-order valence-corrected chi connectivity index (χ0v) is 18.8. The van der Waals surface area contributed by atoms with E-state index in [2.05, 4.69) is 4.98 Å². The van der Waals surface area contributed by atoms with E-state index in [1.54, 1.807) is 42.6 Å². The number of ketones is 1. The number of carbonyl (C=O) groups is 2. The SMILES string of the molecule is COc1ccc(/C(O)=C2/C(=O)C(=O)N(c3cc(C)ccc3C)C2c2ccccn2)cc1OC. The number of aryl methyl sites for hydroxylation is 2. The second kappa shape index (κ2) is 8.78. The molecule has 1 aliphatic rings. The zero-order valence-electron chi connectivity index (χ0n) is 18.8. The van der Waals surface area contributed by atoms with Crippen LogP contribution in [0.4, 0.5) is 5.69 Å². The number of aliphatic hydroxyl groups is 1. The van der Waals surface area contributed by atoms with Gasteiger partial charge in [-0.25, -0.2) is 0 Å². The Kier molecular flexibility index (Phi) is 5.87. The minimum absolute atomic E-state index is 0.0353. The molecule has 33 heavy (non-hydrogen) atoms. The molecule has 1 N–H and O–H groups in total. The molecular formula is C26H24N2O5. The Morgan fingerprint density at radius 1 is 0.970 bits per heavy atom. The number of Topliss-reactive ketones (excluding diaryl/α,β-unsaturated/α-hetero) is 1. The van der Waals surface area contributed by atoms with E-state index < -0.39 is 17.7 Å². The Balaban J connectivity index is 1.96. The third-order valence-corrected chi connectivity index (χ3v) is 5.69. The lowest BCUT2D eigenvalue weighted by Crippen LogP contribution is -2.30. The van der Waals surface area contributed by atoms with E-state index in [0.29, 0.717) is 28.4 Å². The topological polar surface area (TPSA) is 89.0 Å². The van der Waals surface area contributed by atoms with Crippen LogP contribution in [-0.4, -0.2) is 36.0 Å². The van der Waals surface area contributed by atoms with Crippen molar-refractivity contribution in [1.82, 2.24) is 4.98 Å². The van der Waals surface area contributed by atoms with E-state index in [-0.39, 0.29) is 11.3 Å². The molecule has 0 spiro atoms. The van der Waals surface area contributed by atoms with E-state index >= 15 is 0 Å². The summed E-state index contributed by atoms with van der Waals surface area (Å²) in [7, 11) is 2.99. The maximum atomic E-state index is 13.3. The van der Waals surface area contributed by atoms with Crippen molar-refractivity contribution in [3.63, 3.8) is 0 Å². The van der Waals surface area contributed by atoms with Crippen molar-refractivity contribution in [2.75, 3.05) is 19.1 Å². The summed E-state index contributed by atoms with van der Waals surface area (Å²) in [4.78, 5) is 32.4. The summed E-state index contributed by atoms with van der Waals surface area (Å²) in [6.07, 6.45) is 1.59. The van der Waals surface area contributed by atoms with Crippen molar-refractivity contribution in [2.24, 2.45) is 0 Å². The summed E-state index contributed by atoms with van der Waals surface area (Å²) in [5.74, 6) is -0.941. The van der Waals surface area contributed by atoms with Crippen molar-refractivity contribution in [3.05, 3.63) is 88.8 Å². The minimum Gasteiger partial charge on any atom is -0.507 e. The molecule has 7 nitrogen and oxygen atoms in total. The van der Waals surface area contributed by atoms with Gasteiger partial charge in [0.25, 0.3) is 11.7 Å². The predicted octanol–water partition coefficient (Wildman–Crippen LogP) is 4.34. The fourth-order valence-corrected chi connectivity index (χ4v) is 4.02. The Labute approximate surface area is 191 Å². The van der Waals surface area contributed by atoms with Gasteiger partial charge in [-0.05, 0) is 61.4 Å². The number of ether oxygens (including phenoxy) is 2. The van der Waals surface area contributed by atoms with Gasteiger partial charge in [0.2, 0.25) is 0 Å². The summed E-state index contributed by atoms with van der Waals surface area (Å²) in [5, 5.41) is 11.3. The summed E-state index contributed by atoms with van der Waals surface area (Å²) in [6.45, 7) is 3.79. The molecule has 1 unspecified atom stereocenters. The predicted molar refractivity (Wildman–Crippen MR) is 124 cm³/mol. The first-order valence-electron chi connectivity index (χ1n) is 10.4. The van der Waals surface area contributed by atoms with Crippen molar-refractivity contribution >= 4 is 23.1 Å². The molecule has 4 rings (SSSR count). The molecule has 7 heteroatoms. The Morgan fingerprint density at radius 3 is 2.39 bits per heavy atom. The van der Waals surface area contributed by atoms with Crippen LogP contribution in [0.15, 0.2) is 66.4 Å². The van der Waals surface area contributed by atoms with Crippen LogP contribution in [0, 0.1) is 13.8 Å². The zero-order chi connectivity index (χ0) is 23.7. The van der Waals surface area contributed by atoms with E-state index in [1.165, 1.54) is 19.1 Å². The molecule has 1 aromatic heterocycles. The van der Waals surface area contributed by atoms with Crippen LogP contribution in [0.1, 0.15) is 28.4 Å². The summed E-state index contributed by atoms with van der Waals surface area (Å²) in [6, 6.07) is 14.9. The number of pyridine rings is 1. The van der Waals surface area contributed by atoms with Crippen LogP contribution < -0.4 is 14.4 Å². The van der Waals surface area contributed by atoms with Crippen molar-refractivity contribution in [2.45, 2.75) is 19.9 Å².